The Morgan fingerprint density at radius 2 is 0.533 bits per heavy atom. The molecule has 30 heavy (non-hydrogen) atoms. The lowest BCUT2D eigenvalue weighted by molar-refractivity contribution is 1.56. The average Bonchev–Trinajstić information content (AvgIpc) is 2.82. The van der Waals surface area contributed by atoms with E-state index in [4.69, 9.17) is 0 Å². The molecule has 0 aromatic heterocycles. The van der Waals surface area contributed by atoms with Gasteiger partial charge in [0.1, 0.15) is 0 Å². The molecule has 4 aromatic carbocycles. The minimum atomic E-state index is 0.909. The second-order valence-electron chi connectivity index (χ2n) is 6.57. The van der Waals surface area contributed by atoms with E-state index in [9.17, 15) is 0 Å². The van der Waals surface area contributed by atoms with E-state index in [1.807, 2.05) is 109 Å². The lowest BCUT2D eigenvalue weighted by Gasteiger charge is -1.97. The van der Waals surface area contributed by atoms with E-state index < -0.39 is 0 Å². The van der Waals surface area contributed by atoms with Crippen LogP contribution in [0.3, 0.4) is 0 Å². The topological polar surface area (TPSA) is 0 Å². The first kappa shape index (κ1) is 18.9. The zero-order valence-corrected chi connectivity index (χ0v) is 16.4. The molecule has 0 aliphatic rings. The van der Waals surface area contributed by atoms with Crippen LogP contribution in [0.1, 0.15) is 33.4 Å². The molecule has 0 fully saturated rings. The second-order valence-corrected chi connectivity index (χ2v) is 6.57. The van der Waals surface area contributed by atoms with E-state index in [2.05, 4.69) is 35.5 Å². The zero-order valence-electron chi connectivity index (χ0n) is 16.4. The third kappa shape index (κ3) is 5.09. The van der Waals surface area contributed by atoms with Gasteiger partial charge in [-0.25, -0.2) is 0 Å². The summed E-state index contributed by atoms with van der Waals surface area (Å²) in [7, 11) is 0. The predicted octanol–water partition coefficient (Wildman–Crippen LogP) is 5.89. The quantitative estimate of drug-likeness (QED) is 0.335. The maximum Gasteiger partial charge on any atom is 0.0405 e. The van der Waals surface area contributed by atoms with Crippen LogP contribution in [0.25, 0.3) is 0 Å². The van der Waals surface area contributed by atoms with Crippen molar-refractivity contribution in [3.8, 4) is 35.5 Å². The Morgan fingerprint density at radius 3 is 0.867 bits per heavy atom. The Hall–Kier alpha value is -4.44. The second kappa shape index (κ2) is 9.66. The Kier molecular flexibility index (Phi) is 6.09. The standard InChI is InChI=1S/C30H18/c1-3-11-25(12-4-1)19-21-27-15-7-9-17-29(27)23-24-30-18-10-8-16-28(30)22-20-26-13-5-2-6-14-26/h1-18H. The maximum atomic E-state index is 3.28. The summed E-state index contributed by atoms with van der Waals surface area (Å²) in [6.07, 6.45) is 0. The van der Waals surface area contributed by atoms with E-state index in [0.29, 0.717) is 0 Å². The van der Waals surface area contributed by atoms with Crippen LogP contribution in [0.5, 0.6) is 0 Å². The van der Waals surface area contributed by atoms with Crippen molar-refractivity contribution in [3.05, 3.63) is 143 Å². The van der Waals surface area contributed by atoms with Crippen LogP contribution in [0.15, 0.2) is 109 Å². The molecular weight excluding hydrogens is 360 g/mol. The van der Waals surface area contributed by atoms with E-state index in [0.717, 1.165) is 33.4 Å². The number of benzene rings is 4. The van der Waals surface area contributed by atoms with Gasteiger partial charge in [0.25, 0.3) is 0 Å². The lowest BCUT2D eigenvalue weighted by Crippen LogP contribution is -1.86. The van der Waals surface area contributed by atoms with Crippen LogP contribution in [0.2, 0.25) is 0 Å². The van der Waals surface area contributed by atoms with E-state index in [1.165, 1.54) is 0 Å². The summed E-state index contributed by atoms with van der Waals surface area (Å²) in [6, 6.07) is 35.9. The van der Waals surface area contributed by atoms with Gasteiger partial charge in [0.15, 0.2) is 0 Å². The molecule has 4 rings (SSSR count). The van der Waals surface area contributed by atoms with Crippen LogP contribution in [-0.4, -0.2) is 0 Å². The van der Waals surface area contributed by atoms with Gasteiger partial charge in [0.2, 0.25) is 0 Å². The minimum Gasteiger partial charge on any atom is -0.0622 e. The first-order valence-corrected chi connectivity index (χ1v) is 9.73. The third-order valence-corrected chi connectivity index (χ3v) is 4.42. The van der Waals surface area contributed by atoms with Crippen molar-refractivity contribution in [2.75, 3.05) is 0 Å². The summed E-state index contributed by atoms with van der Waals surface area (Å²) < 4.78 is 0. The molecule has 0 aliphatic heterocycles. The van der Waals surface area contributed by atoms with Crippen LogP contribution in [0, 0.1) is 35.5 Å². The fourth-order valence-electron chi connectivity index (χ4n) is 2.86. The van der Waals surface area contributed by atoms with Gasteiger partial charge in [-0.2, -0.15) is 0 Å². The van der Waals surface area contributed by atoms with Crippen LogP contribution >= 0.6 is 0 Å². The van der Waals surface area contributed by atoms with Gasteiger partial charge < -0.3 is 0 Å². The molecule has 0 bridgehead atoms. The number of hydrogen-bond acceptors (Lipinski definition) is 0. The van der Waals surface area contributed by atoms with Gasteiger partial charge in [0, 0.05) is 33.4 Å². The molecule has 0 radical (unpaired) electrons. The summed E-state index contributed by atoms with van der Waals surface area (Å²) in [5.74, 6) is 19.5. The SMILES string of the molecule is C(#Cc1ccccc1C#Cc1ccccc1C#Cc1ccccc1)c1ccccc1. The van der Waals surface area contributed by atoms with Gasteiger partial charge in [-0.1, -0.05) is 96.2 Å². The molecule has 0 aliphatic carbocycles. The van der Waals surface area contributed by atoms with E-state index in [-0.39, 0.29) is 0 Å². The third-order valence-electron chi connectivity index (χ3n) is 4.42. The summed E-state index contributed by atoms with van der Waals surface area (Å²) >= 11 is 0. The zero-order chi connectivity index (χ0) is 20.4. The van der Waals surface area contributed by atoms with Crippen LogP contribution < -0.4 is 0 Å². The molecule has 0 N–H and O–H groups in total. The molecular formula is C30H18. The minimum absolute atomic E-state index is 0.909. The summed E-state index contributed by atoms with van der Waals surface area (Å²) in [5.41, 5.74) is 5.63. The molecule has 0 unspecified atom stereocenters. The monoisotopic (exact) mass is 378 g/mol. The largest absolute Gasteiger partial charge is 0.0622 e. The summed E-state index contributed by atoms with van der Waals surface area (Å²) in [4.78, 5) is 0. The Labute approximate surface area is 178 Å². The first-order valence-electron chi connectivity index (χ1n) is 9.73. The van der Waals surface area contributed by atoms with Gasteiger partial charge in [0.05, 0.1) is 0 Å². The molecule has 0 amide bonds. The Balaban J connectivity index is 1.65. The highest BCUT2D eigenvalue weighted by Crippen LogP contribution is 2.10. The molecule has 0 atom stereocenters. The van der Waals surface area contributed by atoms with Crippen molar-refractivity contribution in [3.63, 3.8) is 0 Å². The van der Waals surface area contributed by atoms with Crippen molar-refractivity contribution in [2.45, 2.75) is 0 Å². The smallest absolute Gasteiger partial charge is 0.0405 e. The highest BCUT2D eigenvalue weighted by Gasteiger charge is 1.98. The highest BCUT2D eigenvalue weighted by atomic mass is 14.0. The normalized spacial score (nSPS) is 9.20. The predicted molar refractivity (Wildman–Crippen MR) is 124 cm³/mol. The molecule has 0 saturated heterocycles. The Bertz CT molecular complexity index is 1220. The molecule has 138 valence electrons. The molecule has 0 spiro atoms. The van der Waals surface area contributed by atoms with Gasteiger partial charge in [-0.05, 0) is 48.5 Å². The molecule has 0 saturated carbocycles. The van der Waals surface area contributed by atoms with Gasteiger partial charge in [-0.15, -0.1) is 0 Å². The van der Waals surface area contributed by atoms with Crippen molar-refractivity contribution < 1.29 is 0 Å². The van der Waals surface area contributed by atoms with Gasteiger partial charge in [-0.3, -0.25) is 0 Å². The van der Waals surface area contributed by atoms with Gasteiger partial charge >= 0.3 is 0 Å². The Morgan fingerprint density at radius 1 is 0.267 bits per heavy atom. The van der Waals surface area contributed by atoms with E-state index >= 15 is 0 Å². The van der Waals surface area contributed by atoms with Crippen molar-refractivity contribution in [2.24, 2.45) is 0 Å². The van der Waals surface area contributed by atoms with Crippen molar-refractivity contribution in [1.29, 1.82) is 0 Å². The molecule has 0 heteroatoms. The maximum absolute atomic E-state index is 3.28. The number of rotatable bonds is 0. The van der Waals surface area contributed by atoms with Crippen molar-refractivity contribution in [1.82, 2.24) is 0 Å². The summed E-state index contributed by atoms with van der Waals surface area (Å²) in [5, 5.41) is 0. The van der Waals surface area contributed by atoms with Crippen LogP contribution in [-0.2, 0) is 0 Å². The highest BCUT2D eigenvalue weighted by molar-refractivity contribution is 5.57. The van der Waals surface area contributed by atoms with E-state index in [1.54, 1.807) is 0 Å². The fraction of sp³-hybridized carbons (Fsp3) is 0. The summed E-state index contributed by atoms with van der Waals surface area (Å²) in [6.45, 7) is 0. The molecule has 0 heterocycles. The van der Waals surface area contributed by atoms with Crippen molar-refractivity contribution >= 4 is 0 Å². The molecule has 0 nitrogen and oxygen atoms in total. The number of hydrogen-bond donors (Lipinski definition) is 0. The fourth-order valence-corrected chi connectivity index (χ4v) is 2.86. The van der Waals surface area contributed by atoms with Crippen LogP contribution in [0.4, 0.5) is 0 Å². The average molecular weight is 378 g/mol. The lowest BCUT2D eigenvalue weighted by atomic mass is 10.0. The first-order chi connectivity index (χ1) is 14.9. The molecule has 4 aromatic rings.